The van der Waals surface area contributed by atoms with Crippen LogP contribution in [0.1, 0.15) is 5.56 Å². The molecule has 0 amide bonds. The number of rotatable bonds is 0. The topological polar surface area (TPSA) is 53.7 Å². The smallest absolute Gasteiger partial charge is 0.205 e. The number of nitrogens with zero attached hydrogens (tertiary/aromatic N) is 2. The van der Waals surface area contributed by atoms with Crippen molar-refractivity contribution in [2.45, 2.75) is 0 Å². The van der Waals surface area contributed by atoms with Gasteiger partial charge in [0.1, 0.15) is 11.6 Å². The van der Waals surface area contributed by atoms with Crippen molar-refractivity contribution in [2.24, 2.45) is 0 Å². The van der Waals surface area contributed by atoms with Crippen molar-refractivity contribution in [3.05, 3.63) is 30.1 Å². The third-order valence-electron chi connectivity index (χ3n) is 0.951. The first kappa shape index (κ1) is 14.5. The van der Waals surface area contributed by atoms with Gasteiger partial charge < -0.3 is 0 Å². The standard InChI is InChI=1S/C6H6N3.F6P/c7-4-6-2-1-3-9(8)5-6;1-7(2,3,4,5)6/h1-3,5H,8H2;/q+1;-1. The monoisotopic (exact) mass is 265 g/mol. The molecule has 1 aromatic heterocycles. The van der Waals surface area contributed by atoms with Gasteiger partial charge in [-0.15, -0.1) is 0 Å². The van der Waals surface area contributed by atoms with E-state index in [0.29, 0.717) is 5.56 Å². The van der Waals surface area contributed by atoms with Crippen molar-refractivity contribution in [1.82, 2.24) is 0 Å². The molecule has 0 bridgehead atoms. The van der Waals surface area contributed by atoms with Crippen molar-refractivity contribution in [2.75, 3.05) is 5.84 Å². The Labute approximate surface area is 85.9 Å². The fraction of sp³-hybridized carbons (Fsp3) is 0. The van der Waals surface area contributed by atoms with Crippen LogP contribution in [0.25, 0.3) is 0 Å². The second-order valence-electron chi connectivity index (χ2n) is 2.61. The van der Waals surface area contributed by atoms with E-state index in [1.54, 1.807) is 24.5 Å². The molecule has 16 heavy (non-hydrogen) atoms. The van der Waals surface area contributed by atoms with Crippen LogP contribution in [0, 0.1) is 11.3 Å². The SMILES string of the molecule is F[P-](F)(F)(F)(F)F.N#Cc1ccc[n+](N)c1. The summed E-state index contributed by atoms with van der Waals surface area (Å²) in [6, 6.07) is 5.39. The Morgan fingerprint density at radius 2 is 1.62 bits per heavy atom. The minimum absolute atomic E-state index is 0.569. The van der Waals surface area contributed by atoms with Gasteiger partial charge in [-0.3, -0.25) is 0 Å². The summed E-state index contributed by atoms with van der Waals surface area (Å²) >= 11 is 0. The Morgan fingerprint density at radius 1 is 1.19 bits per heavy atom. The first-order valence-corrected chi connectivity index (χ1v) is 5.53. The van der Waals surface area contributed by atoms with Crippen LogP contribution in [0.4, 0.5) is 25.2 Å². The molecule has 92 valence electrons. The van der Waals surface area contributed by atoms with E-state index >= 15 is 0 Å². The maximum Gasteiger partial charge on any atom is 0.216 e. The van der Waals surface area contributed by atoms with E-state index in [4.69, 9.17) is 11.1 Å². The zero-order valence-electron chi connectivity index (χ0n) is 7.50. The molecule has 0 atom stereocenters. The molecular formula is C6H6F6N3P. The van der Waals surface area contributed by atoms with Crippen molar-refractivity contribution in [1.29, 1.82) is 5.26 Å². The summed E-state index contributed by atoms with van der Waals surface area (Å²) in [6.07, 6.45) is 3.22. The van der Waals surface area contributed by atoms with Gasteiger partial charge >= 0.3 is 33.0 Å². The second kappa shape index (κ2) is 3.49. The fourth-order valence-electron chi connectivity index (χ4n) is 0.559. The number of halogens is 6. The average molecular weight is 265 g/mol. The number of nitriles is 1. The van der Waals surface area contributed by atoms with Crippen molar-refractivity contribution in [3.8, 4) is 6.07 Å². The first-order chi connectivity index (χ1) is 6.78. The molecule has 0 spiro atoms. The average Bonchev–Trinajstić information content (AvgIpc) is 1.98. The minimum Gasteiger partial charge on any atom is -0.205 e. The summed E-state index contributed by atoms with van der Waals surface area (Å²) < 4.78 is 60.5. The summed E-state index contributed by atoms with van der Waals surface area (Å²) in [7, 11) is -10.7. The number of aromatic nitrogens is 1. The third-order valence-corrected chi connectivity index (χ3v) is 0.951. The van der Waals surface area contributed by atoms with E-state index < -0.39 is 7.81 Å². The minimum atomic E-state index is -10.7. The molecule has 1 rings (SSSR count). The largest absolute Gasteiger partial charge is 0.216 e. The number of nitrogen functional groups attached to an aromatic ring is 1. The zero-order chi connectivity index (χ0) is 13.1. The summed E-state index contributed by atoms with van der Waals surface area (Å²) in [5, 5.41) is 8.34. The Morgan fingerprint density at radius 3 is 1.88 bits per heavy atom. The van der Waals surface area contributed by atoms with Gasteiger partial charge in [-0.25, -0.2) is 5.84 Å². The van der Waals surface area contributed by atoms with E-state index in [1.807, 2.05) is 6.07 Å². The van der Waals surface area contributed by atoms with Crippen LogP contribution in [-0.4, -0.2) is 0 Å². The van der Waals surface area contributed by atoms with E-state index in [2.05, 4.69) is 0 Å². The van der Waals surface area contributed by atoms with E-state index in [9.17, 15) is 25.2 Å². The summed E-state index contributed by atoms with van der Waals surface area (Å²) in [6.45, 7) is 0. The molecule has 0 aliphatic carbocycles. The number of nitrogens with two attached hydrogens (primary N) is 1. The van der Waals surface area contributed by atoms with Crippen molar-refractivity contribution in [3.63, 3.8) is 0 Å². The molecule has 0 radical (unpaired) electrons. The molecular weight excluding hydrogens is 259 g/mol. The van der Waals surface area contributed by atoms with Gasteiger partial charge in [0, 0.05) is 6.07 Å². The normalized spacial score (nSPS) is 14.8. The van der Waals surface area contributed by atoms with Crippen molar-refractivity contribution >= 4 is 7.81 Å². The molecule has 0 fully saturated rings. The molecule has 2 N–H and O–H groups in total. The third kappa shape index (κ3) is 14.9. The Balaban J connectivity index is 0.000000293. The van der Waals surface area contributed by atoms with Crippen LogP contribution in [0.15, 0.2) is 24.5 Å². The Kier molecular flexibility index (Phi) is 3.15. The van der Waals surface area contributed by atoms with E-state index in [1.165, 1.54) is 4.68 Å². The van der Waals surface area contributed by atoms with Gasteiger partial charge in [0.15, 0.2) is 6.20 Å². The Bertz CT molecular complexity index is 407. The quantitative estimate of drug-likeness (QED) is 0.339. The molecule has 0 aliphatic heterocycles. The van der Waals surface area contributed by atoms with Gasteiger partial charge in [-0.05, 0) is 6.07 Å². The van der Waals surface area contributed by atoms with Gasteiger partial charge in [0.2, 0.25) is 6.20 Å². The van der Waals surface area contributed by atoms with Crippen LogP contribution in [0.3, 0.4) is 0 Å². The number of pyridine rings is 1. The molecule has 0 saturated carbocycles. The maximum atomic E-state index is 9.87. The predicted octanol–water partition coefficient (Wildman–Crippen LogP) is 2.94. The molecule has 1 heterocycles. The van der Waals surface area contributed by atoms with Gasteiger partial charge in [-0.2, -0.15) is 5.26 Å². The number of hydrogen-bond acceptors (Lipinski definition) is 2. The molecule has 3 nitrogen and oxygen atoms in total. The van der Waals surface area contributed by atoms with Crippen LogP contribution in [-0.2, 0) is 0 Å². The predicted molar refractivity (Wildman–Crippen MR) is 45.1 cm³/mol. The van der Waals surface area contributed by atoms with Crippen molar-refractivity contribution < 1.29 is 29.9 Å². The van der Waals surface area contributed by atoms with E-state index in [-0.39, 0.29) is 0 Å². The summed E-state index contributed by atoms with van der Waals surface area (Å²) in [4.78, 5) is 0. The first-order valence-electron chi connectivity index (χ1n) is 3.51. The number of hydrogen-bond donors (Lipinski definition) is 1. The van der Waals surface area contributed by atoms with Crippen LogP contribution in [0.5, 0.6) is 0 Å². The second-order valence-corrected chi connectivity index (χ2v) is 4.53. The molecule has 0 aliphatic rings. The van der Waals surface area contributed by atoms with Gasteiger partial charge in [0.25, 0.3) is 0 Å². The Hall–Kier alpha value is -1.55. The van der Waals surface area contributed by atoms with Gasteiger partial charge in [0.05, 0.1) is 0 Å². The molecule has 10 heteroatoms. The summed E-state index contributed by atoms with van der Waals surface area (Å²) in [5.41, 5.74) is 0.569. The molecule has 1 aromatic rings. The summed E-state index contributed by atoms with van der Waals surface area (Å²) in [5.74, 6) is 5.30. The zero-order valence-corrected chi connectivity index (χ0v) is 8.39. The molecule has 0 aromatic carbocycles. The maximum absolute atomic E-state index is 10.7. The van der Waals surface area contributed by atoms with Crippen LogP contribution in [0.2, 0.25) is 0 Å². The molecule has 0 saturated heterocycles. The van der Waals surface area contributed by atoms with Crippen LogP contribution >= 0.6 is 7.81 Å². The van der Waals surface area contributed by atoms with Gasteiger partial charge in [-0.1, -0.05) is 4.68 Å². The van der Waals surface area contributed by atoms with Crippen LogP contribution < -0.4 is 10.5 Å². The fourth-order valence-corrected chi connectivity index (χ4v) is 0.559. The molecule has 0 unspecified atom stereocenters. The van der Waals surface area contributed by atoms with E-state index in [0.717, 1.165) is 0 Å².